The van der Waals surface area contributed by atoms with Crippen molar-refractivity contribution in [1.82, 2.24) is 20.2 Å². The van der Waals surface area contributed by atoms with E-state index in [0.717, 1.165) is 0 Å². The first-order valence-corrected chi connectivity index (χ1v) is 6.17. The second-order valence-corrected chi connectivity index (χ2v) is 4.81. The molecule has 1 aromatic carbocycles. The molecule has 8 nitrogen and oxygen atoms in total. The van der Waals surface area contributed by atoms with Crippen LogP contribution in [0.2, 0.25) is 0 Å². The van der Waals surface area contributed by atoms with Crippen LogP contribution in [0, 0.1) is 0 Å². The third-order valence-electron chi connectivity index (χ3n) is 2.13. The van der Waals surface area contributed by atoms with Gasteiger partial charge >= 0.3 is 0 Å². The quantitative estimate of drug-likeness (QED) is 0.705. The van der Waals surface area contributed by atoms with E-state index in [1.807, 2.05) is 0 Å². The van der Waals surface area contributed by atoms with Gasteiger partial charge in [0.15, 0.2) is 5.82 Å². The van der Waals surface area contributed by atoms with Gasteiger partial charge in [0.05, 0.1) is 17.1 Å². The fourth-order valence-corrected chi connectivity index (χ4v) is 1.83. The molecule has 0 aliphatic rings. The minimum atomic E-state index is -3.69. The first-order chi connectivity index (χ1) is 8.02. The Morgan fingerprint density at radius 3 is 2.41 bits per heavy atom. The lowest BCUT2D eigenvalue weighted by atomic mass is 10.3. The summed E-state index contributed by atoms with van der Waals surface area (Å²) in [5.41, 5.74) is 6.07. The summed E-state index contributed by atoms with van der Waals surface area (Å²) in [6.45, 7) is 0.184. The first-order valence-electron chi connectivity index (χ1n) is 4.63. The molecule has 0 bridgehead atoms. The lowest BCUT2D eigenvalue weighted by Gasteiger charge is -2.03. The molecule has 1 aromatic heterocycles. The molecule has 0 aliphatic carbocycles. The predicted octanol–water partition coefficient (Wildman–Crippen LogP) is -1.23. The maximum atomic E-state index is 11.1. The number of tetrazole rings is 1. The van der Waals surface area contributed by atoms with Crippen LogP contribution < -0.4 is 10.9 Å². The summed E-state index contributed by atoms with van der Waals surface area (Å²) in [4.78, 5) is 0.0311. The highest BCUT2D eigenvalue weighted by molar-refractivity contribution is 7.89. The van der Waals surface area contributed by atoms with Crippen LogP contribution >= 0.6 is 0 Å². The van der Waals surface area contributed by atoms with Gasteiger partial charge in [-0.2, -0.15) is 4.68 Å². The molecule has 90 valence electrons. The Balaban J connectivity index is 2.43. The summed E-state index contributed by atoms with van der Waals surface area (Å²) < 4.78 is 23.6. The molecule has 0 unspecified atom stereocenters. The number of nitrogens with two attached hydrogens (primary N) is 2. The van der Waals surface area contributed by atoms with Gasteiger partial charge in [-0.05, 0) is 34.7 Å². The molecule has 0 fully saturated rings. The average molecular weight is 254 g/mol. The highest BCUT2D eigenvalue weighted by atomic mass is 32.2. The monoisotopic (exact) mass is 254 g/mol. The van der Waals surface area contributed by atoms with Crippen molar-refractivity contribution in [3.8, 4) is 5.69 Å². The van der Waals surface area contributed by atoms with Gasteiger partial charge in [-0.25, -0.2) is 13.6 Å². The van der Waals surface area contributed by atoms with Crippen molar-refractivity contribution in [3.63, 3.8) is 0 Å². The predicted molar refractivity (Wildman–Crippen MR) is 58.4 cm³/mol. The number of sulfonamides is 1. The topological polar surface area (TPSA) is 130 Å². The molecule has 4 N–H and O–H groups in total. The second-order valence-electron chi connectivity index (χ2n) is 3.25. The zero-order valence-corrected chi connectivity index (χ0v) is 9.50. The molecule has 0 amide bonds. The molecule has 0 saturated heterocycles. The van der Waals surface area contributed by atoms with E-state index in [1.165, 1.54) is 16.8 Å². The van der Waals surface area contributed by atoms with E-state index in [-0.39, 0.29) is 11.4 Å². The van der Waals surface area contributed by atoms with Crippen LogP contribution in [0.25, 0.3) is 5.69 Å². The van der Waals surface area contributed by atoms with Gasteiger partial charge in [0, 0.05) is 0 Å². The molecule has 2 rings (SSSR count). The zero-order valence-electron chi connectivity index (χ0n) is 8.68. The zero-order chi connectivity index (χ0) is 12.5. The number of aromatic nitrogens is 4. The Bertz CT molecular complexity index is 618. The standard InChI is InChI=1S/C8H10N6O2S/c9-5-8-11-12-13-14(8)6-1-3-7(4-2-6)17(10,15)16/h1-4H,5,9H2,(H2,10,15,16). The molecule has 2 aromatic rings. The van der Waals surface area contributed by atoms with Crippen molar-refractivity contribution in [3.05, 3.63) is 30.1 Å². The van der Waals surface area contributed by atoms with Crippen LogP contribution in [0.4, 0.5) is 0 Å². The lowest BCUT2D eigenvalue weighted by molar-refractivity contribution is 0.597. The number of hydrogen-bond donors (Lipinski definition) is 2. The van der Waals surface area contributed by atoms with E-state index in [4.69, 9.17) is 10.9 Å². The molecule has 0 atom stereocenters. The summed E-state index contributed by atoms with van der Waals surface area (Å²) in [5.74, 6) is 0.480. The number of primary sulfonamides is 1. The van der Waals surface area contributed by atoms with Crippen LogP contribution in [-0.4, -0.2) is 28.6 Å². The smallest absolute Gasteiger partial charge is 0.238 e. The van der Waals surface area contributed by atoms with Crippen molar-refractivity contribution >= 4 is 10.0 Å². The Hall–Kier alpha value is -1.84. The first kappa shape index (κ1) is 11.6. The molecule has 9 heteroatoms. The van der Waals surface area contributed by atoms with Gasteiger partial charge in [0.25, 0.3) is 0 Å². The average Bonchev–Trinajstić information content (AvgIpc) is 2.76. The van der Waals surface area contributed by atoms with Crippen molar-refractivity contribution in [1.29, 1.82) is 0 Å². The Morgan fingerprint density at radius 2 is 1.88 bits per heavy atom. The summed E-state index contributed by atoms with van der Waals surface area (Å²) in [7, 11) is -3.69. The molecule has 0 aliphatic heterocycles. The molecular weight excluding hydrogens is 244 g/mol. The van der Waals surface area contributed by atoms with Crippen LogP contribution in [0.1, 0.15) is 5.82 Å². The van der Waals surface area contributed by atoms with E-state index in [9.17, 15) is 8.42 Å². The fraction of sp³-hybridized carbons (Fsp3) is 0.125. The van der Waals surface area contributed by atoms with E-state index in [0.29, 0.717) is 11.5 Å². The third kappa shape index (κ3) is 2.30. The van der Waals surface area contributed by atoms with Gasteiger partial charge in [-0.3, -0.25) is 0 Å². The second kappa shape index (κ2) is 4.20. The minimum absolute atomic E-state index is 0.0311. The SMILES string of the molecule is NCc1nnnn1-c1ccc(S(N)(=O)=O)cc1. The van der Waals surface area contributed by atoms with Crippen molar-refractivity contribution < 1.29 is 8.42 Å². The van der Waals surface area contributed by atoms with Crippen molar-refractivity contribution in [2.45, 2.75) is 11.4 Å². The molecule has 0 spiro atoms. The fourth-order valence-electron chi connectivity index (χ4n) is 1.31. The van der Waals surface area contributed by atoms with Gasteiger partial charge in [-0.1, -0.05) is 0 Å². The van der Waals surface area contributed by atoms with E-state index >= 15 is 0 Å². The largest absolute Gasteiger partial charge is 0.324 e. The van der Waals surface area contributed by atoms with Gasteiger partial charge in [0.1, 0.15) is 0 Å². The number of nitrogens with zero attached hydrogens (tertiary/aromatic N) is 4. The van der Waals surface area contributed by atoms with Crippen LogP contribution in [-0.2, 0) is 16.6 Å². The molecule has 17 heavy (non-hydrogen) atoms. The van der Waals surface area contributed by atoms with Crippen molar-refractivity contribution in [2.24, 2.45) is 10.9 Å². The third-order valence-corrected chi connectivity index (χ3v) is 3.06. The summed E-state index contributed by atoms with van der Waals surface area (Å²) in [6.07, 6.45) is 0. The molecule has 0 saturated carbocycles. The molecule has 1 heterocycles. The summed E-state index contributed by atoms with van der Waals surface area (Å²) >= 11 is 0. The van der Waals surface area contributed by atoms with Crippen LogP contribution in [0.3, 0.4) is 0 Å². The summed E-state index contributed by atoms with van der Waals surface area (Å²) in [6, 6.07) is 5.86. The highest BCUT2D eigenvalue weighted by Gasteiger charge is 2.09. The summed E-state index contributed by atoms with van der Waals surface area (Å²) in [5, 5.41) is 15.9. The molecule has 0 radical (unpaired) electrons. The van der Waals surface area contributed by atoms with Crippen molar-refractivity contribution in [2.75, 3.05) is 0 Å². The minimum Gasteiger partial charge on any atom is -0.324 e. The van der Waals surface area contributed by atoms with E-state index in [2.05, 4.69) is 15.5 Å². The van der Waals surface area contributed by atoms with E-state index < -0.39 is 10.0 Å². The maximum absolute atomic E-state index is 11.1. The van der Waals surface area contributed by atoms with Gasteiger partial charge in [0.2, 0.25) is 10.0 Å². The van der Waals surface area contributed by atoms with Crippen LogP contribution in [0.5, 0.6) is 0 Å². The van der Waals surface area contributed by atoms with Gasteiger partial charge < -0.3 is 5.73 Å². The normalized spacial score (nSPS) is 11.6. The van der Waals surface area contributed by atoms with Gasteiger partial charge in [-0.15, -0.1) is 5.10 Å². The number of rotatable bonds is 3. The Morgan fingerprint density at radius 1 is 1.24 bits per heavy atom. The number of benzene rings is 1. The highest BCUT2D eigenvalue weighted by Crippen LogP contribution is 2.12. The molecular formula is C8H10N6O2S. The Kier molecular flexibility index (Phi) is 2.88. The number of hydrogen-bond acceptors (Lipinski definition) is 6. The van der Waals surface area contributed by atoms with Crippen LogP contribution in [0.15, 0.2) is 29.2 Å². The lowest BCUT2D eigenvalue weighted by Crippen LogP contribution is -2.12. The Labute approximate surface area is 97.3 Å². The van der Waals surface area contributed by atoms with E-state index in [1.54, 1.807) is 12.1 Å². The maximum Gasteiger partial charge on any atom is 0.238 e.